The number of carbonyl (C=O) groups excluding carboxylic acids is 1. The molecule has 0 spiro atoms. The maximum Gasteiger partial charge on any atom is 0.281 e. The lowest BCUT2D eigenvalue weighted by Crippen LogP contribution is -2.16. The monoisotopic (exact) mass is 492 g/mol. The summed E-state index contributed by atoms with van der Waals surface area (Å²) >= 11 is 8.35. The van der Waals surface area contributed by atoms with E-state index in [0.717, 1.165) is 20.1 Å². The molecule has 1 aromatic heterocycles. The van der Waals surface area contributed by atoms with Crippen LogP contribution in [0, 0.1) is 0 Å². The zero-order valence-electron chi connectivity index (χ0n) is 13.5. The van der Waals surface area contributed by atoms with Crippen molar-refractivity contribution >= 4 is 55.3 Å². The highest BCUT2D eigenvalue weighted by Crippen LogP contribution is 2.32. The van der Waals surface area contributed by atoms with E-state index in [9.17, 15) is 4.79 Å². The molecule has 4 nitrogen and oxygen atoms in total. The van der Waals surface area contributed by atoms with Gasteiger partial charge >= 0.3 is 0 Å². The highest BCUT2D eigenvalue weighted by molar-refractivity contribution is 9.11. The number of ether oxygens (including phenoxy) is 1. The number of nitrogens with one attached hydrogen (secondary N) is 1. The molecule has 2 aromatic carbocycles. The van der Waals surface area contributed by atoms with E-state index in [1.165, 1.54) is 11.3 Å². The number of hydrazone groups is 1. The van der Waals surface area contributed by atoms with Gasteiger partial charge in [-0.1, -0.05) is 52.3 Å². The SMILES string of the molecule is O=C(N/N=C\c1cc(Br)cc(Br)c1OCc1ccccc1)c1cccs1. The third-order valence-electron chi connectivity index (χ3n) is 3.38. The highest BCUT2D eigenvalue weighted by Gasteiger charge is 2.10. The maximum absolute atomic E-state index is 12.0. The van der Waals surface area contributed by atoms with Crippen molar-refractivity contribution in [2.45, 2.75) is 6.61 Å². The van der Waals surface area contributed by atoms with Crippen LogP contribution in [0.5, 0.6) is 5.75 Å². The first-order chi connectivity index (χ1) is 12.6. The summed E-state index contributed by atoms with van der Waals surface area (Å²) in [5.41, 5.74) is 4.34. The van der Waals surface area contributed by atoms with Crippen LogP contribution in [0.1, 0.15) is 20.8 Å². The van der Waals surface area contributed by atoms with Gasteiger partial charge in [0.2, 0.25) is 0 Å². The van der Waals surface area contributed by atoms with Crippen molar-refractivity contribution in [2.75, 3.05) is 0 Å². The van der Waals surface area contributed by atoms with E-state index in [1.807, 2.05) is 53.9 Å². The Morgan fingerprint density at radius 3 is 2.69 bits per heavy atom. The summed E-state index contributed by atoms with van der Waals surface area (Å²) in [4.78, 5) is 12.6. The molecule has 0 bridgehead atoms. The predicted molar refractivity (Wildman–Crippen MR) is 112 cm³/mol. The Morgan fingerprint density at radius 2 is 1.96 bits per heavy atom. The number of benzene rings is 2. The van der Waals surface area contributed by atoms with Crippen LogP contribution >= 0.6 is 43.2 Å². The molecule has 0 saturated carbocycles. The third-order valence-corrected chi connectivity index (χ3v) is 5.29. The fourth-order valence-corrected chi connectivity index (χ4v) is 4.17. The molecule has 132 valence electrons. The van der Waals surface area contributed by atoms with Crippen molar-refractivity contribution in [3.63, 3.8) is 0 Å². The largest absolute Gasteiger partial charge is 0.487 e. The van der Waals surface area contributed by atoms with E-state index in [0.29, 0.717) is 17.2 Å². The molecule has 1 N–H and O–H groups in total. The summed E-state index contributed by atoms with van der Waals surface area (Å²) in [5, 5.41) is 5.90. The second-order valence-corrected chi connectivity index (χ2v) is 7.97. The van der Waals surface area contributed by atoms with E-state index < -0.39 is 0 Å². The summed E-state index contributed by atoms with van der Waals surface area (Å²) in [6.45, 7) is 0.434. The van der Waals surface area contributed by atoms with Crippen molar-refractivity contribution in [1.82, 2.24) is 5.43 Å². The van der Waals surface area contributed by atoms with Crippen LogP contribution in [-0.4, -0.2) is 12.1 Å². The zero-order valence-corrected chi connectivity index (χ0v) is 17.5. The molecule has 0 saturated heterocycles. The Morgan fingerprint density at radius 1 is 1.15 bits per heavy atom. The molecule has 1 heterocycles. The Hall–Kier alpha value is -1.96. The fourth-order valence-electron chi connectivity index (χ4n) is 2.18. The first kappa shape index (κ1) is 18.8. The molecule has 0 radical (unpaired) electrons. The number of hydrogen-bond donors (Lipinski definition) is 1. The lowest BCUT2D eigenvalue weighted by Gasteiger charge is -2.12. The molecule has 7 heteroatoms. The number of amides is 1. The smallest absolute Gasteiger partial charge is 0.281 e. The summed E-state index contributed by atoms with van der Waals surface area (Å²) in [6.07, 6.45) is 1.57. The molecular formula is C19H14Br2N2O2S. The Bertz CT molecular complexity index is 913. The van der Waals surface area contributed by atoms with Crippen LogP contribution in [0.2, 0.25) is 0 Å². The van der Waals surface area contributed by atoms with Crippen molar-refractivity contribution in [1.29, 1.82) is 0 Å². The minimum absolute atomic E-state index is 0.239. The van der Waals surface area contributed by atoms with E-state index in [2.05, 4.69) is 42.4 Å². The molecular weight excluding hydrogens is 480 g/mol. The molecule has 0 aliphatic carbocycles. The van der Waals surface area contributed by atoms with Crippen LogP contribution in [-0.2, 0) is 6.61 Å². The van der Waals surface area contributed by atoms with Gasteiger partial charge in [0.25, 0.3) is 5.91 Å². The first-order valence-electron chi connectivity index (χ1n) is 7.66. The number of rotatable bonds is 6. The van der Waals surface area contributed by atoms with Crippen molar-refractivity contribution in [3.05, 3.63) is 84.9 Å². The van der Waals surface area contributed by atoms with Crippen LogP contribution in [0.25, 0.3) is 0 Å². The fraction of sp³-hybridized carbons (Fsp3) is 0.0526. The zero-order chi connectivity index (χ0) is 18.4. The van der Waals surface area contributed by atoms with Crippen LogP contribution < -0.4 is 10.2 Å². The summed E-state index contributed by atoms with van der Waals surface area (Å²) in [5.74, 6) is 0.420. The third kappa shape index (κ3) is 5.03. The molecule has 0 fully saturated rings. The molecule has 1 amide bonds. The first-order valence-corrected chi connectivity index (χ1v) is 10.1. The highest BCUT2D eigenvalue weighted by atomic mass is 79.9. The van der Waals surface area contributed by atoms with E-state index in [-0.39, 0.29) is 5.91 Å². The van der Waals surface area contributed by atoms with Gasteiger partial charge in [-0.2, -0.15) is 5.10 Å². The number of hydrogen-bond acceptors (Lipinski definition) is 4. The number of nitrogens with zero attached hydrogens (tertiary/aromatic N) is 1. The van der Waals surface area contributed by atoms with E-state index >= 15 is 0 Å². The number of carbonyl (C=O) groups is 1. The minimum atomic E-state index is -0.239. The average Bonchev–Trinajstić information content (AvgIpc) is 3.16. The molecule has 3 aromatic rings. The maximum atomic E-state index is 12.0. The molecule has 0 atom stereocenters. The Balaban J connectivity index is 1.75. The lowest BCUT2D eigenvalue weighted by molar-refractivity contribution is 0.0959. The molecule has 26 heavy (non-hydrogen) atoms. The van der Waals surface area contributed by atoms with E-state index in [1.54, 1.807) is 12.3 Å². The van der Waals surface area contributed by atoms with Crippen LogP contribution in [0.3, 0.4) is 0 Å². The van der Waals surface area contributed by atoms with E-state index in [4.69, 9.17) is 4.74 Å². The van der Waals surface area contributed by atoms with Crippen LogP contribution in [0.15, 0.2) is 74.0 Å². The second-order valence-electron chi connectivity index (χ2n) is 5.26. The normalized spacial score (nSPS) is 10.8. The standard InChI is InChI=1S/C19H14Br2N2O2S/c20-15-9-14(11-22-23-19(24)17-7-4-8-26-17)18(16(21)10-15)25-12-13-5-2-1-3-6-13/h1-11H,12H2,(H,23,24)/b22-11-. The number of thiophene rings is 1. The van der Waals surface area contributed by atoms with Gasteiger partial charge in [-0.3, -0.25) is 4.79 Å². The second kappa shape index (κ2) is 9.12. The van der Waals surface area contributed by atoms with Crippen molar-refractivity contribution in [3.8, 4) is 5.75 Å². The van der Waals surface area contributed by atoms with Gasteiger partial charge in [0.05, 0.1) is 15.6 Å². The lowest BCUT2D eigenvalue weighted by atomic mass is 10.2. The van der Waals surface area contributed by atoms with Gasteiger partial charge in [0, 0.05) is 10.0 Å². The van der Waals surface area contributed by atoms with Crippen molar-refractivity contribution < 1.29 is 9.53 Å². The molecule has 3 rings (SSSR count). The Kier molecular flexibility index (Phi) is 6.60. The Labute approximate surface area is 172 Å². The molecule has 0 aliphatic rings. The van der Waals surface area contributed by atoms with Crippen LogP contribution in [0.4, 0.5) is 0 Å². The molecule has 0 aliphatic heterocycles. The summed E-state index contributed by atoms with van der Waals surface area (Å²) in [6, 6.07) is 17.3. The van der Waals surface area contributed by atoms with Gasteiger partial charge in [-0.15, -0.1) is 11.3 Å². The van der Waals surface area contributed by atoms with Gasteiger partial charge in [-0.25, -0.2) is 5.43 Å². The minimum Gasteiger partial charge on any atom is -0.487 e. The average molecular weight is 494 g/mol. The van der Waals surface area contributed by atoms with Gasteiger partial charge < -0.3 is 4.74 Å². The van der Waals surface area contributed by atoms with Gasteiger partial charge in [0.15, 0.2) is 0 Å². The summed E-state index contributed by atoms with van der Waals surface area (Å²) in [7, 11) is 0. The molecule has 0 unspecified atom stereocenters. The number of halogens is 2. The topological polar surface area (TPSA) is 50.7 Å². The van der Waals surface area contributed by atoms with Gasteiger partial charge in [0.1, 0.15) is 12.4 Å². The van der Waals surface area contributed by atoms with Crippen molar-refractivity contribution in [2.24, 2.45) is 5.10 Å². The summed E-state index contributed by atoms with van der Waals surface area (Å²) < 4.78 is 7.65. The quantitative estimate of drug-likeness (QED) is 0.358. The van der Waals surface area contributed by atoms with Gasteiger partial charge in [-0.05, 0) is 45.1 Å². The predicted octanol–water partition coefficient (Wildman–Crippen LogP) is 5.62.